The second kappa shape index (κ2) is 3.83. The third kappa shape index (κ3) is 2.36. The number of allylic oxidation sites excluding steroid dienone is 2. The van der Waals surface area contributed by atoms with Crippen molar-refractivity contribution in [1.82, 2.24) is 0 Å². The van der Waals surface area contributed by atoms with Crippen molar-refractivity contribution in [2.75, 3.05) is 0 Å². The fourth-order valence-electron chi connectivity index (χ4n) is 0.232. The third-order valence-corrected chi connectivity index (χ3v) is 1.85. The van der Waals surface area contributed by atoms with Gasteiger partial charge in [-0.3, -0.25) is 0 Å². The maximum Gasteiger partial charge on any atom is 0.217 e. The molecule has 0 fully saturated rings. The molecule has 7 heavy (non-hydrogen) atoms. The van der Waals surface area contributed by atoms with E-state index in [9.17, 15) is 4.80 Å². The minimum atomic E-state index is -1.16. The summed E-state index contributed by atoms with van der Waals surface area (Å²) in [7, 11) is -1.16. The Morgan fingerprint density at radius 1 is 1.43 bits per heavy atom. The first-order valence-electron chi connectivity index (χ1n) is 2.18. The van der Waals surface area contributed by atoms with Crippen LogP contribution < -0.4 is 0 Å². The van der Waals surface area contributed by atoms with E-state index in [1.807, 2.05) is 0 Å². The average Bonchev–Trinajstić information content (AvgIpc) is 1.72. The van der Waals surface area contributed by atoms with Gasteiger partial charge in [0.1, 0.15) is 0 Å². The molecule has 0 saturated carbocycles. The molecule has 0 rings (SSSR count). The van der Waals surface area contributed by atoms with Gasteiger partial charge in [0.15, 0.2) is 0 Å². The van der Waals surface area contributed by atoms with Crippen molar-refractivity contribution >= 4 is 9.76 Å². The van der Waals surface area contributed by atoms with Crippen molar-refractivity contribution in [3.63, 3.8) is 0 Å². The van der Waals surface area contributed by atoms with Crippen LogP contribution in [0.15, 0.2) is 25.3 Å². The summed E-state index contributed by atoms with van der Waals surface area (Å²) in [6.45, 7) is 6.93. The lowest BCUT2D eigenvalue weighted by molar-refractivity contribution is 0.471. The highest BCUT2D eigenvalue weighted by Crippen LogP contribution is 2.01. The van der Waals surface area contributed by atoms with Crippen LogP contribution in [0.4, 0.5) is 0 Å². The van der Waals surface area contributed by atoms with Gasteiger partial charge in [-0.2, -0.15) is 0 Å². The Morgan fingerprint density at radius 3 is 1.86 bits per heavy atom. The summed E-state index contributed by atoms with van der Waals surface area (Å²) in [5.41, 5.74) is 0.0972. The molecule has 39 valence electrons. The molecule has 0 aromatic carbocycles. The summed E-state index contributed by atoms with van der Waals surface area (Å²) in [6.07, 6.45) is 3.32. The lowest BCUT2D eigenvalue weighted by Crippen LogP contribution is -1.91. The Labute approximate surface area is 46.3 Å². The summed E-state index contributed by atoms with van der Waals surface area (Å²) >= 11 is 0. The lowest BCUT2D eigenvalue weighted by atomic mass is 10.4. The maximum absolute atomic E-state index is 10.1. The van der Waals surface area contributed by atoms with E-state index < -0.39 is 9.76 Å². The van der Waals surface area contributed by atoms with Crippen LogP contribution in [0.25, 0.3) is 0 Å². The molecule has 0 aromatic heterocycles. The van der Waals surface area contributed by atoms with E-state index in [2.05, 4.69) is 13.2 Å². The molecular formula is C5H9OSi. The molecule has 0 atom stereocenters. The molecule has 0 saturated heterocycles. The SMILES string of the molecule is C=CC(C=C)[SiH2][O]. The van der Waals surface area contributed by atoms with Crippen LogP contribution >= 0.6 is 0 Å². The highest BCUT2D eigenvalue weighted by molar-refractivity contribution is 6.29. The van der Waals surface area contributed by atoms with Crippen LogP contribution in [0.1, 0.15) is 0 Å². The Morgan fingerprint density at radius 2 is 1.86 bits per heavy atom. The van der Waals surface area contributed by atoms with Gasteiger partial charge >= 0.3 is 0 Å². The molecule has 0 aliphatic rings. The number of hydrogen-bond donors (Lipinski definition) is 0. The second-order valence-electron chi connectivity index (χ2n) is 1.30. The largest absolute Gasteiger partial charge is 0.305 e. The maximum atomic E-state index is 10.1. The Hall–Kier alpha value is -0.343. The standard InChI is InChI=1S/C5H9OSi/c1-3-5(4-2)7-6/h3-5H,1-2,7H2. The fraction of sp³-hybridized carbons (Fsp3) is 0.200. The van der Waals surface area contributed by atoms with Gasteiger partial charge in [-0.25, -0.2) is 0 Å². The molecule has 0 amide bonds. The van der Waals surface area contributed by atoms with E-state index in [-0.39, 0.29) is 5.54 Å². The van der Waals surface area contributed by atoms with Crippen LogP contribution in [-0.2, 0) is 4.80 Å². The van der Waals surface area contributed by atoms with E-state index >= 15 is 0 Å². The molecule has 0 aliphatic heterocycles. The molecule has 1 radical (unpaired) electrons. The second-order valence-corrected chi connectivity index (χ2v) is 2.58. The normalized spacial score (nSPS) is 10.6. The first-order chi connectivity index (χ1) is 3.35. The predicted molar refractivity (Wildman–Crippen MR) is 33.4 cm³/mol. The first kappa shape index (κ1) is 6.66. The highest BCUT2D eigenvalue weighted by Gasteiger charge is 1.93. The molecule has 2 heteroatoms. The van der Waals surface area contributed by atoms with Gasteiger partial charge in [0.05, 0.1) is 0 Å². The van der Waals surface area contributed by atoms with E-state index in [4.69, 9.17) is 0 Å². The monoisotopic (exact) mass is 113 g/mol. The van der Waals surface area contributed by atoms with Crippen molar-refractivity contribution in [3.8, 4) is 0 Å². The zero-order valence-electron chi connectivity index (χ0n) is 4.26. The molecule has 0 unspecified atom stereocenters. The van der Waals surface area contributed by atoms with Crippen LogP contribution in [0.2, 0.25) is 5.54 Å². The molecule has 0 N–H and O–H groups in total. The highest BCUT2D eigenvalue weighted by atomic mass is 28.2. The Balaban J connectivity index is 3.36. The van der Waals surface area contributed by atoms with Gasteiger partial charge in [0, 0.05) is 5.54 Å². The number of rotatable bonds is 3. The first-order valence-corrected chi connectivity index (χ1v) is 3.57. The molecule has 1 nitrogen and oxygen atoms in total. The summed E-state index contributed by atoms with van der Waals surface area (Å²) in [6, 6.07) is 0. The molecule has 0 aliphatic carbocycles. The molecular weight excluding hydrogens is 104 g/mol. The van der Waals surface area contributed by atoms with Crippen LogP contribution in [0.3, 0.4) is 0 Å². The van der Waals surface area contributed by atoms with Crippen LogP contribution in [-0.4, -0.2) is 9.76 Å². The summed E-state index contributed by atoms with van der Waals surface area (Å²) < 4.78 is 0. The van der Waals surface area contributed by atoms with E-state index in [0.717, 1.165) is 0 Å². The minimum Gasteiger partial charge on any atom is -0.305 e. The predicted octanol–water partition coefficient (Wildman–Crippen LogP) is 0.661. The van der Waals surface area contributed by atoms with Crippen molar-refractivity contribution in [3.05, 3.63) is 25.3 Å². The Kier molecular flexibility index (Phi) is 3.65. The Bertz CT molecular complexity index is 62.5. The van der Waals surface area contributed by atoms with Crippen molar-refractivity contribution in [2.45, 2.75) is 5.54 Å². The van der Waals surface area contributed by atoms with Gasteiger partial charge in [0.25, 0.3) is 0 Å². The summed E-state index contributed by atoms with van der Waals surface area (Å²) in [4.78, 5) is 10.1. The van der Waals surface area contributed by atoms with Gasteiger partial charge < -0.3 is 4.80 Å². The minimum absolute atomic E-state index is 0.0972. The van der Waals surface area contributed by atoms with Crippen molar-refractivity contribution in [1.29, 1.82) is 0 Å². The average molecular weight is 113 g/mol. The van der Waals surface area contributed by atoms with Gasteiger partial charge in [-0.1, -0.05) is 12.2 Å². The topological polar surface area (TPSA) is 19.9 Å². The summed E-state index contributed by atoms with van der Waals surface area (Å²) in [5.74, 6) is 0. The lowest BCUT2D eigenvalue weighted by Gasteiger charge is -1.92. The molecule has 0 bridgehead atoms. The van der Waals surface area contributed by atoms with E-state index in [1.54, 1.807) is 12.2 Å². The smallest absolute Gasteiger partial charge is 0.217 e. The quantitative estimate of drug-likeness (QED) is 0.378. The molecule has 0 aromatic rings. The van der Waals surface area contributed by atoms with E-state index in [1.165, 1.54) is 0 Å². The van der Waals surface area contributed by atoms with Crippen LogP contribution in [0.5, 0.6) is 0 Å². The molecule has 0 spiro atoms. The van der Waals surface area contributed by atoms with Crippen LogP contribution in [0, 0.1) is 0 Å². The van der Waals surface area contributed by atoms with Gasteiger partial charge in [-0.05, 0) is 0 Å². The zero-order chi connectivity index (χ0) is 5.70. The fourth-order valence-corrected chi connectivity index (χ4v) is 0.504. The van der Waals surface area contributed by atoms with E-state index in [0.29, 0.717) is 0 Å². The number of hydrogen-bond acceptors (Lipinski definition) is 0. The van der Waals surface area contributed by atoms with Crippen molar-refractivity contribution in [2.24, 2.45) is 0 Å². The third-order valence-electron chi connectivity index (χ3n) is 0.798. The molecule has 0 heterocycles. The zero-order valence-corrected chi connectivity index (χ0v) is 5.68. The van der Waals surface area contributed by atoms with Crippen molar-refractivity contribution < 1.29 is 4.80 Å². The summed E-state index contributed by atoms with van der Waals surface area (Å²) in [5, 5.41) is 0. The van der Waals surface area contributed by atoms with Gasteiger partial charge in [-0.15, -0.1) is 13.2 Å². The van der Waals surface area contributed by atoms with Gasteiger partial charge in [0.2, 0.25) is 9.76 Å².